The summed E-state index contributed by atoms with van der Waals surface area (Å²) < 4.78 is 45.7. The van der Waals surface area contributed by atoms with Gasteiger partial charge in [0.2, 0.25) is 0 Å². The Balaban J connectivity index is 0.00000126. The van der Waals surface area contributed by atoms with Gasteiger partial charge in [-0.05, 0) is 51.3 Å². The molecule has 4 nitrogen and oxygen atoms in total. The van der Waals surface area contributed by atoms with Crippen LogP contribution in [0.25, 0.3) is 0 Å². The quantitative estimate of drug-likeness (QED) is 0.647. The SMILES string of the molecule is CC.CC(C)(C)OC(=O)N1CCC2(CC1)CNc1cccc(C(F)(F)F)c12. The maximum absolute atomic E-state index is 13.5. The number of hydrogen-bond acceptors (Lipinski definition) is 3. The van der Waals surface area contributed by atoms with Crippen molar-refractivity contribution in [2.75, 3.05) is 25.0 Å². The Kier molecular flexibility index (Phi) is 6.02. The van der Waals surface area contributed by atoms with Crippen molar-refractivity contribution in [2.24, 2.45) is 0 Å². The molecule has 0 saturated carbocycles. The number of benzene rings is 1. The highest BCUT2D eigenvalue weighted by Crippen LogP contribution is 2.49. The number of rotatable bonds is 0. The van der Waals surface area contributed by atoms with Crippen molar-refractivity contribution in [2.45, 2.75) is 64.7 Å². The van der Waals surface area contributed by atoms with Crippen LogP contribution in [0.4, 0.5) is 23.7 Å². The van der Waals surface area contributed by atoms with Gasteiger partial charge in [0, 0.05) is 30.7 Å². The molecular weight excluding hydrogens is 357 g/mol. The van der Waals surface area contributed by atoms with Gasteiger partial charge in [-0.3, -0.25) is 0 Å². The molecule has 0 aromatic heterocycles. The number of amides is 1. The molecule has 1 N–H and O–H groups in total. The molecule has 152 valence electrons. The van der Waals surface area contributed by atoms with E-state index in [0.29, 0.717) is 43.7 Å². The zero-order valence-corrected chi connectivity index (χ0v) is 16.7. The summed E-state index contributed by atoms with van der Waals surface area (Å²) in [6.45, 7) is 10.6. The van der Waals surface area contributed by atoms with Crippen LogP contribution in [-0.4, -0.2) is 36.2 Å². The summed E-state index contributed by atoms with van der Waals surface area (Å²) in [6, 6.07) is 4.27. The number of nitrogens with one attached hydrogen (secondary N) is 1. The molecule has 2 heterocycles. The molecule has 1 amide bonds. The van der Waals surface area contributed by atoms with E-state index in [1.807, 2.05) is 13.8 Å². The fraction of sp³-hybridized carbons (Fsp3) is 0.650. The lowest BCUT2D eigenvalue weighted by Gasteiger charge is -2.40. The Bertz CT molecular complexity index is 673. The van der Waals surface area contributed by atoms with Crippen molar-refractivity contribution < 1.29 is 22.7 Å². The molecular formula is C20H29F3N2O2. The molecule has 1 aromatic carbocycles. The van der Waals surface area contributed by atoms with Gasteiger partial charge in [0.1, 0.15) is 5.60 Å². The smallest absolute Gasteiger partial charge is 0.416 e. The maximum Gasteiger partial charge on any atom is 0.416 e. The van der Waals surface area contributed by atoms with E-state index in [9.17, 15) is 18.0 Å². The molecule has 7 heteroatoms. The van der Waals surface area contributed by atoms with Crippen LogP contribution in [0.15, 0.2) is 18.2 Å². The van der Waals surface area contributed by atoms with Gasteiger partial charge in [-0.15, -0.1) is 0 Å². The molecule has 1 spiro atoms. The van der Waals surface area contributed by atoms with Gasteiger partial charge >= 0.3 is 12.3 Å². The molecule has 0 bridgehead atoms. The number of piperidine rings is 1. The van der Waals surface area contributed by atoms with Crippen LogP contribution in [0.5, 0.6) is 0 Å². The van der Waals surface area contributed by atoms with Crippen molar-refractivity contribution in [3.05, 3.63) is 29.3 Å². The minimum absolute atomic E-state index is 0.353. The van der Waals surface area contributed by atoms with E-state index >= 15 is 0 Å². The molecule has 2 aliphatic heterocycles. The lowest BCUT2D eigenvalue weighted by atomic mass is 9.72. The predicted molar refractivity (Wildman–Crippen MR) is 100 cm³/mol. The highest BCUT2D eigenvalue weighted by Gasteiger charge is 2.48. The first kappa shape index (κ1) is 21.4. The van der Waals surface area contributed by atoms with Crippen LogP contribution in [-0.2, 0) is 16.3 Å². The zero-order chi connectivity index (χ0) is 20.5. The Morgan fingerprint density at radius 3 is 2.26 bits per heavy atom. The molecule has 27 heavy (non-hydrogen) atoms. The Labute approximate surface area is 159 Å². The summed E-state index contributed by atoms with van der Waals surface area (Å²) in [5.41, 5.74) is -0.829. The van der Waals surface area contributed by atoms with Crippen LogP contribution in [0.3, 0.4) is 0 Å². The number of ether oxygens (including phenoxy) is 1. The number of nitrogens with zero attached hydrogens (tertiary/aromatic N) is 1. The Morgan fingerprint density at radius 1 is 1.15 bits per heavy atom. The highest BCUT2D eigenvalue weighted by molar-refractivity contribution is 5.69. The highest BCUT2D eigenvalue weighted by atomic mass is 19.4. The van der Waals surface area contributed by atoms with E-state index < -0.39 is 28.8 Å². The Morgan fingerprint density at radius 2 is 1.74 bits per heavy atom. The van der Waals surface area contributed by atoms with Gasteiger partial charge < -0.3 is 15.0 Å². The maximum atomic E-state index is 13.5. The van der Waals surface area contributed by atoms with Crippen molar-refractivity contribution in [1.82, 2.24) is 4.90 Å². The van der Waals surface area contributed by atoms with Crippen LogP contribution < -0.4 is 5.32 Å². The van der Waals surface area contributed by atoms with E-state index in [1.165, 1.54) is 6.07 Å². The zero-order valence-electron chi connectivity index (χ0n) is 16.7. The molecule has 3 rings (SSSR count). The van der Waals surface area contributed by atoms with Gasteiger partial charge in [0.25, 0.3) is 0 Å². The van der Waals surface area contributed by atoms with Crippen molar-refractivity contribution in [1.29, 1.82) is 0 Å². The average molecular weight is 386 g/mol. The molecule has 1 saturated heterocycles. The number of carbonyl (C=O) groups excluding carboxylic acids is 1. The first-order valence-electron chi connectivity index (χ1n) is 9.44. The third-order valence-corrected chi connectivity index (χ3v) is 4.89. The summed E-state index contributed by atoms with van der Waals surface area (Å²) in [5.74, 6) is 0. The predicted octanol–water partition coefficient (Wildman–Crippen LogP) is 5.43. The van der Waals surface area contributed by atoms with Crippen LogP contribution in [0, 0.1) is 0 Å². The molecule has 0 unspecified atom stereocenters. The van der Waals surface area contributed by atoms with E-state index in [2.05, 4.69) is 5.32 Å². The topological polar surface area (TPSA) is 41.6 Å². The lowest BCUT2D eigenvalue weighted by molar-refractivity contribution is -0.138. The molecule has 2 aliphatic rings. The van der Waals surface area contributed by atoms with Gasteiger partial charge in [-0.2, -0.15) is 13.2 Å². The second-order valence-electron chi connectivity index (χ2n) is 7.83. The molecule has 0 aliphatic carbocycles. The van der Waals surface area contributed by atoms with Crippen LogP contribution >= 0.6 is 0 Å². The van der Waals surface area contributed by atoms with E-state index in [4.69, 9.17) is 4.74 Å². The summed E-state index contributed by atoms with van der Waals surface area (Å²) in [7, 11) is 0. The van der Waals surface area contributed by atoms with Crippen LogP contribution in [0.2, 0.25) is 0 Å². The monoisotopic (exact) mass is 386 g/mol. The number of alkyl halides is 3. The van der Waals surface area contributed by atoms with Crippen molar-refractivity contribution in [3.63, 3.8) is 0 Å². The number of carbonyl (C=O) groups is 1. The largest absolute Gasteiger partial charge is 0.444 e. The van der Waals surface area contributed by atoms with E-state index in [0.717, 1.165) is 6.07 Å². The molecule has 0 atom stereocenters. The van der Waals surface area contributed by atoms with Crippen molar-refractivity contribution >= 4 is 11.8 Å². The second kappa shape index (κ2) is 7.60. The minimum Gasteiger partial charge on any atom is -0.444 e. The summed E-state index contributed by atoms with van der Waals surface area (Å²) >= 11 is 0. The van der Waals surface area contributed by atoms with Gasteiger partial charge in [-0.25, -0.2) is 4.79 Å². The average Bonchev–Trinajstić information content (AvgIpc) is 2.94. The van der Waals surface area contributed by atoms with Crippen molar-refractivity contribution in [3.8, 4) is 0 Å². The summed E-state index contributed by atoms with van der Waals surface area (Å²) in [4.78, 5) is 13.8. The third-order valence-electron chi connectivity index (χ3n) is 4.89. The fourth-order valence-electron chi connectivity index (χ4n) is 3.73. The van der Waals surface area contributed by atoms with E-state index in [-0.39, 0.29) is 0 Å². The molecule has 1 fully saturated rings. The Hall–Kier alpha value is -1.92. The number of fused-ring (bicyclic) bond motifs is 2. The first-order valence-corrected chi connectivity index (χ1v) is 9.44. The lowest BCUT2D eigenvalue weighted by Crippen LogP contribution is -2.48. The summed E-state index contributed by atoms with van der Waals surface area (Å²) in [5, 5.41) is 3.12. The second-order valence-corrected chi connectivity index (χ2v) is 7.83. The fourth-order valence-corrected chi connectivity index (χ4v) is 3.73. The third kappa shape index (κ3) is 4.50. The number of halogens is 3. The van der Waals surface area contributed by atoms with E-state index in [1.54, 1.807) is 31.7 Å². The van der Waals surface area contributed by atoms with Crippen LogP contribution in [0.1, 0.15) is 58.6 Å². The van der Waals surface area contributed by atoms with Gasteiger partial charge in [0.15, 0.2) is 0 Å². The first-order chi connectivity index (χ1) is 12.5. The minimum atomic E-state index is -4.38. The molecule has 0 radical (unpaired) electrons. The normalized spacial score (nSPS) is 18.3. The standard InChI is InChI=1S/C18H23F3N2O2.C2H6/c1-16(2,3)25-15(24)23-9-7-17(8-10-23)11-22-13-6-4-5-12(14(13)17)18(19,20)21;1-2/h4-6,22H,7-11H2,1-3H3;1-2H3. The van der Waals surface area contributed by atoms with Gasteiger partial charge in [-0.1, -0.05) is 19.9 Å². The number of likely N-dealkylation sites (tertiary alicyclic amines) is 1. The number of anilines is 1. The summed E-state index contributed by atoms with van der Waals surface area (Å²) in [6.07, 6.45) is -3.82. The molecule has 1 aromatic rings. The number of hydrogen-bond donors (Lipinski definition) is 1. The van der Waals surface area contributed by atoms with Gasteiger partial charge in [0.05, 0.1) is 5.56 Å².